The summed E-state index contributed by atoms with van der Waals surface area (Å²) in [5.74, 6) is -0.541. The molecule has 1 aromatic carbocycles. The van der Waals surface area contributed by atoms with Crippen LogP contribution in [0.3, 0.4) is 0 Å². The third-order valence-corrected chi connectivity index (χ3v) is 3.87. The number of likely N-dealkylation sites (tertiary alicyclic amines) is 1. The normalized spacial score (nSPS) is 23.9. The van der Waals surface area contributed by atoms with Gasteiger partial charge < -0.3 is 15.0 Å². The molecule has 1 aliphatic rings. The highest BCUT2D eigenvalue weighted by Gasteiger charge is 2.40. The average molecular weight is 280 g/mol. The second kappa shape index (κ2) is 6.22. The highest BCUT2D eigenvalue weighted by molar-refractivity contribution is 5.84. The van der Waals surface area contributed by atoms with Crippen molar-refractivity contribution in [1.29, 1.82) is 0 Å². The van der Waals surface area contributed by atoms with Gasteiger partial charge in [0.15, 0.2) is 0 Å². The molecule has 1 heterocycles. The van der Waals surface area contributed by atoms with E-state index in [4.69, 9.17) is 4.74 Å². The van der Waals surface area contributed by atoms with Gasteiger partial charge in [0.25, 0.3) is 0 Å². The molecule has 1 unspecified atom stereocenters. The maximum absolute atomic E-state index is 13.0. The van der Waals surface area contributed by atoms with Crippen LogP contribution in [0, 0.1) is 5.82 Å². The van der Waals surface area contributed by atoms with Crippen molar-refractivity contribution in [2.24, 2.45) is 0 Å². The number of nitrogens with zero attached hydrogens (tertiary/aromatic N) is 1. The molecular weight excluding hydrogens is 259 g/mol. The summed E-state index contributed by atoms with van der Waals surface area (Å²) in [6.07, 6.45) is 2.30. The Morgan fingerprint density at radius 2 is 2.00 bits per heavy atom. The first kappa shape index (κ1) is 14.8. The molecule has 0 aliphatic carbocycles. The molecule has 20 heavy (non-hydrogen) atoms. The minimum atomic E-state index is -0.725. The predicted octanol–water partition coefficient (Wildman–Crippen LogP) is 2.27. The number of hydrogen-bond acceptors (Lipinski definition) is 4. The number of rotatable bonds is 3. The summed E-state index contributed by atoms with van der Waals surface area (Å²) in [6.45, 7) is 1.78. The lowest BCUT2D eigenvalue weighted by Gasteiger charge is -2.32. The van der Waals surface area contributed by atoms with Crippen molar-refractivity contribution in [1.82, 2.24) is 4.90 Å². The van der Waals surface area contributed by atoms with Crippen molar-refractivity contribution < 1.29 is 13.9 Å². The largest absolute Gasteiger partial charge is 0.467 e. The Morgan fingerprint density at radius 1 is 1.30 bits per heavy atom. The van der Waals surface area contributed by atoms with Crippen LogP contribution in [0.4, 0.5) is 10.1 Å². The molecule has 1 saturated heterocycles. The fourth-order valence-corrected chi connectivity index (χ4v) is 2.65. The summed E-state index contributed by atoms with van der Waals surface area (Å²) in [5, 5.41) is 3.26. The number of anilines is 1. The quantitative estimate of drug-likeness (QED) is 0.862. The van der Waals surface area contributed by atoms with E-state index < -0.39 is 5.54 Å². The Morgan fingerprint density at radius 3 is 2.65 bits per heavy atom. The highest BCUT2D eigenvalue weighted by atomic mass is 19.1. The molecule has 0 aromatic heterocycles. The van der Waals surface area contributed by atoms with Gasteiger partial charge in [-0.05, 0) is 57.1 Å². The molecule has 0 amide bonds. The molecule has 1 N–H and O–H groups in total. The van der Waals surface area contributed by atoms with Crippen LogP contribution in [0.5, 0.6) is 0 Å². The van der Waals surface area contributed by atoms with Crippen LogP contribution < -0.4 is 5.32 Å². The number of ether oxygens (including phenoxy) is 1. The maximum Gasteiger partial charge on any atom is 0.331 e. The monoisotopic (exact) mass is 280 g/mol. The maximum atomic E-state index is 13.0. The minimum Gasteiger partial charge on any atom is -0.467 e. The number of carbonyl (C=O) groups excluding carboxylic acids is 1. The lowest BCUT2D eigenvalue weighted by atomic mass is 9.90. The van der Waals surface area contributed by atoms with Gasteiger partial charge in [-0.1, -0.05) is 0 Å². The zero-order valence-corrected chi connectivity index (χ0v) is 12.0. The van der Waals surface area contributed by atoms with E-state index >= 15 is 0 Å². The molecule has 110 valence electrons. The highest BCUT2D eigenvalue weighted by Crippen LogP contribution is 2.28. The number of methoxy groups -OCH3 is 1. The molecule has 1 fully saturated rings. The molecule has 2 rings (SSSR count). The van der Waals surface area contributed by atoms with E-state index in [0.29, 0.717) is 12.8 Å². The van der Waals surface area contributed by atoms with Crippen molar-refractivity contribution >= 4 is 11.7 Å². The van der Waals surface area contributed by atoms with E-state index in [1.165, 1.54) is 19.2 Å². The van der Waals surface area contributed by atoms with Crippen molar-refractivity contribution in [2.45, 2.75) is 24.8 Å². The average Bonchev–Trinajstić information content (AvgIpc) is 2.64. The number of halogens is 1. The van der Waals surface area contributed by atoms with Gasteiger partial charge in [0.05, 0.1) is 7.11 Å². The molecule has 1 atom stereocenters. The van der Waals surface area contributed by atoms with Gasteiger partial charge in [0.2, 0.25) is 0 Å². The molecule has 5 heteroatoms. The molecule has 0 spiro atoms. The van der Waals surface area contributed by atoms with E-state index in [1.54, 1.807) is 12.1 Å². The molecule has 1 aromatic rings. The number of benzene rings is 1. The summed E-state index contributed by atoms with van der Waals surface area (Å²) < 4.78 is 18.0. The smallest absolute Gasteiger partial charge is 0.331 e. The number of esters is 1. The van der Waals surface area contributed by atoms with Gasteiger partial charge in [0, 0.05) is 12.2 Å². The van der Waals surface area contributed by atoms with Gasteiger partial charge in [-0.15, -0.1) is 0 Å². The van der Waals surface area contributed by atoms with Gasteiger partial charge >= 0.3 is 5.97 Å². The van der Waals surface area contributed by atoms with Gasteiger partial charge in [-0.25, -0.2) is 9.18 Å². The van der Waals surface area contributed by atoms with Crippen LogP contribution in [-0.2, 0) is 9.53 Å². The fraction of sp³-hybridized carbons (Fsp3) is 0.533. The second-order valence-electron chi connectivity index (χ2n) is 5.36. The molecular formula is C15H21FN2O2. The van der Waals surface area contributed by atoms with Crippen LogP contribution in [0.15, 0.2) is 24.3 Å². The van der Waals surface area contributed by atoms with E-state index in [-0.39, 0.29) is 11.8 Å². The van der Waals surface area contributed by atoms with Crippen molar-refractivity contribution in [3.05, 3.63) is 30.1 Å². The van der Waals surface area contributed by atoms with Gasteiger partial charge in [-0.2, -0.15) is 0 Å². The zero-order valence-electron chi connectivity index (χ0n) is 12.0. The Kier molecular flexibility index (Phi) is 4.60. The standard InChI is InChI=1S/C15H21FN2O2/c1-18-10-3-8-15(9-11-18,14(19)20-2)17-13-6-4-12(16)5-7-13/h4-7,17H,3,8-11H2,1-2H3. The summed E-state index contributed by atoms with van der Waals surface area (Å²) in [7, 11) is 3.45. The van der Waals surface area contributed by atoms with Crippen molar-refractivity contribution in [3.8, 4) is 0 Å². The molecule has 0 bridgehead atoms. The first-order chi connectivity index (χ1) is 9.55. The Bertz CT molecular complexity index is 463. The predicted molar refractivity (Wildman–Crippen MR) is 76.1 cm³/mol. The topological polar surface area (TPSA) is 41.6 Å². The van der Waals surface area contributed by atoms with Crippen LogP contribution in [0.1, 0.15) is 19.3 Å². The molecule has 1 aliphatic heterocycles. The van der Waals surface area contributed by atoms with Gasteiger partial charge in [0.1, 0.15) is 11.4 Å². The van der Waals surface area contributed by atoms with Crippen molar-refractivity contribution in [2.75, 3.05) is 32.6 Å². The SMILES string of the molecule is COC(=O)C1(Nc2ccc(F)cc2)CCCN(C)CC1. The van der Waals surface area contributed by atoms with Crippen LogP contribution in [0.2, 0.25) is 0 Å². The van der Waals surface area contributed by atoms with Gasteiger partial charge in [-0.3, -0.25) is 0 Å². The third-order valence-electron chi connectivity index (χ3n) is 3.87. The third kappa shape index (κ3) is 3.28. The summed E-state index contributed by atoms with van der Waals surface area (Å²) in [4.78, 5) is 14.4. The van der Waals surface area contributed by atoms with E-state index in [9.17, 15) is 9.18 Å². The first-order valence-electron chi connectivity index (χ1n) is 6.86. The number of hydrogen-bond donors (Lipinski definition) is 1. The minimum absolute atomic E-state index is 0.253. The molecule has 0 saturated carbocycles. The lowest BCUT2D eigenvalue weighted by molar-refractivity contribution is -0.146. The number of carbonyl (C=O) groups is 1. The lowest BCUT2D eigenvalue weighted by Crippen LogP contribution is -2.47. The van der Waals surface area contributed by atoms with Crippen LogP contribution in [0.25, 0.3) is 0 Å². The Balaban J connectivity index is 2.22. The summed E-state index contributed by atoms with van der Waals surface area (Å²) >= 11 is 0. The van der Waals surface area contributed by atoms with E-state index in [2.05, 4.69) is 10.2 Å². The molecule has 4 nitrogen and oxygen atoms in total. The van der Waals surface area contributed by atoms with Crippen LogP contribution in [-0.4, -0.2) is 43.7 Å². The Hall–Kier alpha value is -1.62. The Labute approximate surface area is 118 Å². The second-order valence-corrected chi connectivity index (χ2v) is 5.36. The first-order valence-corrected chi connectivity index (χ1v) is 6.86. The number of nitrogens with one attached hydrogen (secondary N) is 1. The fourth-order valence-electron chi connectivity index (χ4n) is 2.65. The summed E-state index contributed by atoms with van der Waals surface area (Å²) in [5.41, 5.74) is 0.0125. The molecule has 0 radical (unpaired) electrons. The zero-order chi connectivity index (χ0) is 14.6. The van der Waals surface area contributed by atoms with E-state index in [1.807, 2.05) is 7.05 Å². The summed E-state index contributed by atoms with van der Waals surface area (Å²) in [6, 6.07) is 6.07. The van der Waals surface area contributed by atoms with Crippen molar-refractivity contribution in [3.63, 3.8) is 0 Å². The van der Waals surface area contributed by atoms with Crippen LogP contribution >= 0.6 is 0 Å². The van der Waals surface area contributed by atoms with E-state index in [0.717, 1.165) is 25.2 Å².